The van der Waals surface area contributed by atoms with E-state index in [2.05, 4.69) is 5.10 Å². The highest BCUT2D eigenvalue weighted by Gasteiger charge is 2.22. The van der Waals surface area contributed by atoms with E-state index < -0.39 is 12.5 Å². The van der Waals surface area contributed by atoms with Gasteiger partial charge in [0.1, 0.15) is 6.04 Å². The van der Waals surface area contributed by atoms with Crippen LogP contribution in [-0.2, 0) is 7.05 Å². The van der Waals surface area contributed by atoms with E-state index in [1.54, 1.807) is 13.1 Å². The predicted octanol–water partition coefficient (Wildman–Crippen LogP) is 2.35. The summed E-state index contributed by atoms with van der Waals surface area (Å²) in [6.45, 7) is 0. The fraction of sp³-hybridized carbons (Fsp3) is 0.250. The summed E-state index contributed by atoms with van der Waals surface area (Å²) in [6.07, 6.45) is -2.59. The molecular weight excluding hydrogens is 224 g/mol. The number of nitrogens with two attached hydrogens (primary N) is 1. The van der Waals surface area contributed by atoms with Crippen LogP contribution in [0.1, 0.15) is 11.7 Å². The topological polar surface area (TPSA) is 43.8 Å². The third-order valence-corrected chi connectivity index (χ3v) is 2.60. The molecule has 90 valence electrons. The van der Waals surface area contributed by atoms with Gasteiger partial charge in [0.15, 0.2) is 0 Å². The number of alkyl halides is 2. The molecule has 0 radical (unpaired) electrons. The molecular formula is C12H13F2N3. The van der Waals surface area contributed by atoms with E-state index in [9.17, 15) is 8.78 Å². The SMILES string of the molecule is Cn1nc(-c2ccccc2)cc1C(N)C(F)F. The van der Waals surface area contributed by atoms with Gasteiger partial charge in [0.2, 0.25) is 0 Å². The number of aromatic nitrogens is 2. The third kappa shape index (κ3) is 2.34. The van der Waals surface area contributed by atoms with Crippen molar-refractivity contribution >= 4 is 0 Å². The third-order valence-electron chi connectivity index (χ3n) is 2.60. The molecule has 1 aromatic carbocycles. The van der Waals surface area contributed by atoms with Crippen molar-refractivity contribution < 1.29 is 8.78 Å². The molecule has 2 N–H and O–H groups in total. The van der Waals surface area contributed by atoms with Crippen molar-refractivity contribution in [2.45, 2.75) is 12.5 Å². The van der Waals surface area contributed by atoms with Crippen LogP contribution in [0.3, 0.4) is 0 Å². The van der Waals surface area contributed by atoms with Crippen molar-refractivity contribution in [3.63, 3.8) is 0 Å². The zero-order valence-corrected chi connectivity index (χ0v) is 9.35. The fourth-order valence-electron chi connectivity index (χ4n) is 1.67. The summed E-state index contributed by atoms with van der Waals surface area (Å²) in [5, 5.41) is 4.19. The van der Waals surface area contributed by atoms with Crippen molar-refractivity contribution in [2.75, 3.05) is 0 Å². The number of aryl methyl sites for hydroxylation is 1. The van der Waals surface area contributed by atoms with Gasteiger partial charge in [-0.2, -0.15) is 5.10 Å². The fourth-order valence-corrected chi connectivity index (χ4v) is 1.67. The Hall–Kier alpha value is -1.75. The molecule has 1 aromatic heterocycles. The van der Waals surface area contributed by atoms with Gasteiger partial charge in [-0.25, -0.2) is 8.78 Å². The molecule has 0 amide bonds. The number of nitrogens with zero attached hydrogens (tertiary/aromatic N) is 2. The summed E-state index contributed by atoms with van der Waals surface area (Å²) in [4.78, 5) is 0. The summed E-state index contributed by atoms with van der Waals surface area (Å²) in [5.41, 5.74) is 7.29. The van der Waals surface area contributed by atoms with E-state index in [1.807, 2.05) is 30.3 Å². The quantitative estimate of drug-likeness (QED) is 0.890. The number of halogens is 2. The van der Waals surface area contributed by atoms with E-state index in [0.29, 0.717) is 11.4 Å². The van der Waals surface area contributed by atoms with Crippen LogP contribution >= 0.6 is 0 Å². The summed E-state index contributed by atoms with van der Waals surface area (Å²) in [6, 6.07) is 9.68. The summed E-state index contributed by atoms with van der Waals surface area (Å²) in [5.74, 6) is 0. The predicted molar refractivity (Wildman–Crippen MR) is 61.6 cm³/mol. The molecule has 2 rings (SSSR count). The molecule has 1 heterocycles. The molecule has 17 heavy (non-hydrogen) atoms. The number of hydrogen-bond donors (Lipinski definition) is 1. The van der Waals surface area contributed by atoms with Gasteiger partial charge in [-0.3, -0.25) is 4.68 Å². The van der Waals surface area contributed by atoms with E-state index >= 15 is 0 Å². The Morgan fingerprint density at radius 1 is 1.24 bits per heavy atom. The van der Waals surface area contributed by atoms with Crippen LogP contribution in [0, 0.1) is 0 Å². The van der Waals surface area contributed by atoms with Gasteiger partial charge in [0, 0.05) is 12.6 Å². The van der Waals surface area contributed by atoms with Gasteiger partial charge < -0.3 is 5.73 Å². The Kier molecular flexibility index (Phi) is 3.19. The Labute approximate surface area is 97.9 Å². The molecule has 5 heteroatoms. The highest BCUT2D eigenvalue weighted by Crippen LogP contribution is 2.23. The lowest BCUT2D eigenvalue weighted by atomic mass is 10.1. The second kappa shape index (κ2) is 4.63. The monoisotopic (exact) mass is 237 g/mol. The molecule has 0 aliphatic heterocycles. The van der Waals surface area contributed by atoms with E-state index in [1.165, 1.54) is 4.68 Å². The summed E-state index contributed by atoms with van der Waals surface area (Å²) >= 11 is 0. The standard InChI is InChI=1S/C12H13F2N3/c1-17-10(11(15)12(13)14)7-9(16-17)8-5-3-2-4-6-8/h2-7,11-12H,15H2,1H3. The first-order valence-electron chi connectivity index (χ1n) is 5.22. The minimum absolute atomic E-state index is 0.332. The Bertz CT molecular complexity index is 494. The average Bonchev–Trinajstić information content (AvgIpc) is 2.71. The van der Waals surface area contributed by atoms with Crippen LogP contribution in [0.5, 0.6) is 0 Å². The van der Waals surface area contributed by atoms with Crippen LogP contribution < -0.4 is 5.73 Å². The van der Waals surface area contributed by atoms with Crippen molar-refractivity contribution in [1.29, 1.82) is 0 Å². The van der Waals surface area contributed by atoms with Gasteiger partial charge >= 0.3 is 0 Å². The average molecular weight is 237 g/mol. The smallest absolute Gasteiger partial charge is 0.259 e. The van der Waals surface area contributed by atoms with E-state index in [-0.39, 0.29) is 0 Å². The molecule has 0 saturated heterocycles. The van der Waals surface area contributed by atoms with Crippen molar-refractivity contribution in [3.05, 3.63) is 42.1 Å². The first-order chi connectivity index (χ1) is 8.09. The molecule has 0 spiro atoms. The zero-order valence-electron chi connectivity index (χ0n) is 9.35. The number of benzene rings is 1. The number of rotatable bonds is 3. The number of hydrogen-bond acceptors (Lipinski definition) is 2. The highest BCUT2D eigenvalue weighted by molar-refractivity contribution is 5.59. The van der Waals surface area contributed by atoms with E-state index in [0.717, 1.165) is 5.56 Å². The Morgan fingerprint density at radius 3 is 2.47 bits per heavy atom. The van der Waals surface area contributed by atoms with Crippen LogP contribution in [0.25, 0.3) is 11.3 Å². The van der Waals surface area contributed by atoms with Gasteiger partial charge in [0.05, 0.1) is 11.4 Å². The van der Waals surface area contributed by atoms with Gasteiger partial charge in [-0.1, -0.05) is 30.3 Å². The van der Waals surface area contributed by atoms with Crippen molar-refractivity contribution in [3.8, 4) is 11.3 Å². The Morgan fingerprint density at radius 2 is 1.88 bits per heavy atom. The minimum Gasteiger partial charge on any atom is -0.318 e. The van der Waals surface area contributed by atoms with Gasteiger partial charge in [0.25, 0.3) is 6.43 Å². The molecule has 0 aliphatic rings. The highest BCUT2D eigenvalue weighted by atomic mass is 19.3. The normalized spacial score (nSPS) is 13.0. The first kappa shape index (κ1) is 11.7. The molecule has 0 bridgehead atoms. The second-order valence-electron chi connectivity index (χ2n) is 3.80. The molecule has 1 atom stereocenters. The molecule has 0 saturated carbocycles. The largest absolute Gasteiger partial charge is 0.318 e. The van der Waals surface area contributed by atoms with Crippen molar-refractivity contribution in [1.82, 2.24) is 9.78 Å². The molecule has 0 fully saturated rings. The minimum atomic E-state index is -2.59. The lowest BCUT2D eigenvalue weighted by Crippen LogP contribution is -2.21. The first-order valence-corrected chi connectivity index (χ1v) is 5.22. The van der Waals surface area contributed by atoms with E-state index in [4.69, 9.17) is 5.73 Å². The Balaban J connectivity index is 2.37. The maximum atomic E-state index is 12.5. The maximum absolute atomic E-state index is 12.5. The lowest BCUT2D eigenvalue weighted by Gasteiger charge is -2.09. The molecule has 1 unspecified atom stereocenters. The second-order valence-corrected chi connectivity index (χ2v) is 3.80. The summed E-state index contributed by atoms with van der Waals surface area (Å²) in [7, 11) is 1.62. The van der Waals surface area contributed by atoms with Crippen LogP contribution in [-0.4, -0.2) is 16.2 Å². The maximum Gasteiger partial charge on any atom is 0.259 e. The van der Waals surface area contributed by atoms with Crippen LogP contribution in [0.4, 0.5) is 8.78 Å². The summed E-state index contributed by atoms with van der Waals surface area (Å²) < 4.78 is 26.5. The van der Waals surface area contributed by atoms with Crippen LogP contribution in [0.2, 0.25) is 0 Å². The molecule has 2 aromatic rings. The van der Waals surface area contributed by atoms with Crippen molar-refractivity contribution in [2.24, 2.45) is 12.8 Å². The van der Waals surface area contributed by atoms with Gasteiger partial charge in [-0.05, 0) is 6.07 Å². The van der Waals surface area contributed by atoms with Crippen LogP contribution in [0.15, 0.2) is 36.4 Å². The zero-order chi connectivity index (χ0) is 12.4. The molecule has 3 nitrogen and oxygen atoms in total. The van der Waals surface area contributed by atoms with Gasteiger partial charge in [-0.15, -0.1) is 0 Å². The lowest BCUT2D eigenvalue weighted by molar-refractivity contribution is 0.113. The molecule has 0 aliphatic carbocycles.